The highest BCUT2D eigenvalue weighted by Crippen LogP contribution is 2.19. The van der Waals surface area contributed by atoms with E-state index in [9.17, 15) is 0 Å². The van der Waals surface area contributed by atoms with Crippen LogP contribution in [0.25, 0.3) is 0 Å². The molecule has 11 heavy (non-hydrogen) atoms. The van der Waals surface area contributed by atoms with E-state index in [4.69, 9.17) is 5.73 Å². The normalized spacial score (nSPS) is 13.0. The molecule has 0 spiro atoms. The Kier molecular flexibility index (Phi) is 8.14. The molecule has 0 aliphatic heterocycles. The van der Waals surface area contributed by atoms with E-state index in [0.29, 0.717) is 0 Å². The predicted octanol–water partition coefficient (Wildman–Crippen LogP) is 2.46. The largest absolute Gasteiger partial charge is 0.330 e. The summed E-state index contributed by atoms with van der Waals surface area (Å²) in [5, 5.41) is 0. The van der Waals surface area contributed by atoms with Gasteiger partial charge >= 0.3 is 0 Å². The first-order valence-corrected chi connectivity index (χ1v) is 4.84. The average Bonchev–Trinajstić information content (AvgIpc) is 2.05. The van der Waals surface area contributed by atoms with Crippen molar-refractivity contribution in [1.29, 1.82) is 0 Å². The molecular formula is C9H21BN. The van der Waals surface area contributed by atoms with Crippen molar-refractivity contribution in [1.82, 2.24) is 0 Å². The Labute approximate surface area is 72.0 Å². The summed E-state index contributed by atoms with van der Waals surface area (Å²) >= 11 is 0. The van der Waals surface area contributed by atoms with Gasteiger partial charge in [0.15, 0.2) is 0 Å². The summed E-state index contributed by atoms with van der Waals surface area (Å²) < 4.78 is 0. The molecule has 1 atom stereocenters. The Morgan fingerprint density at radius 3 is 2.36 bits per heavy atom. The third-order valence-corrected chi connectivity index (χ3v) is 2.18. The number of hydrogen-bond acceptors (Lipinski definition) is 1. The molecule has 0 aromatic carbocycles. The molecule has 0 aliphatic rings. The van der Waals surface area contributed by atoms with Gasteiger partial charge in [0.05, 0.1) is 0 Å². The zero-order valence-electron chi connectivity index (χ0n) is 7.97. The quantitative estimate of drug-likeness (QED) is 0.560. The van der Waals surface area contributed by atoms with Crippen molar-refractivity contribution in [2.75, 3.05) is 6.54 Å². The van der Waals surface area contributed by atoms with E-state index in [0.717, 1.165) is 12.4 Å². The molecule has 0 aromatic heterocycles. The maximum Gasteiger partial charge on any atom is 0.110 e. The molecule has 65 valence electrons. The van der Waals surface area contributed by atoms with Gasteiger partial charge in [0, 0.05) is 0 Å². The second kappa shape index (κ2) is 8.12. The second-order valence-electron chi connectivity index (χ2n) is 3.17. The lowest BCUT2D eigenvalue weighted by atomic mass is 9.63. The van der Waals surface area contributed by atoms with E-state index in [1.807, 2.05) is 0 Å². The summed E-state index contributed by atoms with van der Waals surface area (Å²) in [5.41, 5.74) is 5.45. The Balaban J connectivity index is 3.25. The summed E-state index contributed by atoms with van der Waals surface area (Å²) in [6.07, 6.45) is 6.49. The molecule has 0 amide bonds. The minimum Gasteiger partial charge on any atom is -0.330 e. The highest BCUT2D eigenvalue weighted by atomic mass is 14.5. The summed E-state index contributed by atoms with van der Waals surface area (Å²) in [6, 6.07) is 0. The van der Waals surface area contributed by atoms with Crippen molar-refractivity contribution >= 4 is 7.28 Å². The van der Waals surface area contributed by atoms with Gasteiger partial charge in [0.1, 0.15) is 7.28 Å². The van der Waals surface area contributed by atoms with Crippen LogP contribution in [0.3, 0.4) is 0 Å². The number of nitrogens with two attached hydrogens (primary N) is 1. The molecule has 0 saturated heterocycles. The molecule has 1 nitrogen and oxygen atoms in total. The van der Waals surface area contributed by atoms with Crippen LogP contribution >= 0.6 is 0 Å². The molecule has 0 aliphatic carbocycles. The smallest absolute Gasteiger partial charge is 0.110 e. The molecule has 0 saturated carbocycles. The average molecular weight is 154 g/mol. The summed E-state index contributed by atoms with van der Waals surface area (Å²) in [4.78, 5) is 0. The maximum atomic E-state index is 5.45. The van der Waals surface area contributed by atoms with Crippen LogP contribution in [0.5, 0.6) is 0 Å². The Bertz CT molecular complexity index is 68.0. The van der Waals surface area contributed by atoms with Gasteiger partial charge in [-0.1, -0.05) is 45.2 Å². The standard InChI is InChI=1S/C9H21BN/c1-3-4-6-9(10-2)7-5-8-11/h9H,3-8,11H2,1-2H3. The van der Waals surface area contributed by atoms with E-state index < -0.39 is 0 Å². The first kappa shape index (κ1) is 11.0. The van der Waals surface area contributed by atoms with Crippen molar-refractivity contribution in [3.05, 3.63) is 0 Å². The third-order valence-electron chi connectivity index (χ3n) is 2.18. The van der Waals surface area contributed by atoms with Gasteiger partial charge in [-0.25, -0.2) is 0 Å². The Morgan fingerprint density at radius 1 is 1.27 bits per heavy atom. The summed E-state index contributed by atoms with van der Waals surface area (Å²) in [6.45, 7) is 5.25. The lowest BCUT2D eigenvalue weighted by Crippen LogP contribution is -2.05. The molecular weight excluding hydrogens is 133 g/mol. The summed E-state index contributed by atoms with van der Waals surface area (Å²) in [7, 11) is 2.32. The molecule has 0 aromatic rings. The van der Waals surface area contributed by atoms with Crippen LogP contribution in [0.4, 0.5) is 0 Å². The molecule has 0 heterocycles. The van der Waals surface area contributed by atoms with Gasteiger partial charge in [-0.2, -0.15) is 0 Å². The van der Waals surface area contributed by atoms with E-state index in [2.05, 4.69) is 21.0 Å². The van der Waals surface area contributed by atoms with Crippen LogP contribution in [-0.2, 0) is 0 Å². The number of unbranched alkanes of at least 4 members (excludes halogenated alkanes) is 1. The maximum absolute atomic E-state index is 5.45. The van der Waals surface area contributed by atoms with Crippen LogP contribution in [0, 0.1) is 0 Å². The van der Waals surface area contributed by atoms with Gasteiger partial charge in [-0.05, 0) is 13.0 Å². The Hall–Kier alpha value is 0.0249. The molecule has 0 rings (SSSR count). The van der Waals surface area contributed by atoms with E-state index in [1.165, 1.54) is 32.1 Å². The molecule has 1 unspecified atom stereocenters. The molecule has 2 N–H and O–H groups in total. The number of rotatable bonds is 7. The van der Waals surface area contributed by atoms with Gasteiger partial charge < -0.3 is 5.73 Å². The van der Waals surface area contributed by atoms with Crippen molar-refractivity contribution in [3.8, 4) is 0 Å². The van der Waals surface area contributed by atoms with Crippen LogP contribution in [0.1, 0.15) is 39.0 Å². The first-order chi connectivity index (χ1) is 5.35. The zero-order valence-corrected chi connectivity index (χ0v) is 7.97. The third kappa shape index (κ3) is 6.42. The van der Waals surface area contributed by atoms with Crippen molar-refractivity contribution in [2.45, 2.75) is 51.7 Å². The predicted molar refractivity (Wildman–Crippen MR) is 53.2 cm³/mol. The van der Waals surface area contributed by atoms with Crippen molar-refractivity contribution in [2.24, 2.45) is 5.73 Å². The second-order valence-corrected chi connectivity index (χ2v) is 3.17. The first-order valence-electron chi connectivity index (χ1n) is 4.84. The fourth-order valence-electron chi connectivity index (χ4n) is 1.32. The minimum absolute atomic E-state index is 0.818. The lowest BCUT2D eigenvalue weighted by molar-refractivity contribution is 0.607. The van der Waals surface area contributed by atoms with Crippen LogP contribution in [0.15, 0.2) is 0 Å². The van der Waals surface area contributed by atoms with Crippen molar-refractivity contribution in [3.63, 3.8) is 0 Å². The molecule has 0 bridgehead atoms. The van der Waals surface area contributed by atoms with Gasteiger partial charge in [0.2, 0.25) is 0 Å². The topological polar surface area (TPSA) is 26.0 Å². The van der Waals surface area contributed by atoms with Gasteiger partial charge in [-0.3, -0.25) is 0 Å². The van der Waals surface area contributed by atoms with Crippen LogP contribution in [-0.4, -0.2) is 13.8 Å². The van der Waals surface area contributed by atoms with E-state index >= 15 is 0 Å². The summed E-state index contributed by atoms with van der Waals surface area (Å²) in [5.74, 6) is 0.818. The zero-order chi connectivity index (χ0) is 8.53. The van der Waals surface area contributed by atoms with Gasteiger partial charge in [0.25, 0.3) is 0 Å². The van der Waals surface area contributed by atoms with Crippen LogP contribution < -0.4 is 5.73 Å². The number of hydrogen-bond donors (Lipinski definition) is 1. The fraction of sp³-hybridized carbons (Fsp3) is 1.00. The molecule has 1 radical (unpaired) electrons. The molecule has 2 heteroatoms. The fourth-order valence-corrected chi connectivity index (χ4v) is 1.32. The minimum atomic E-state index is 0.818. The highest BCUT2D eigenvalue weighted by molar-refractivity contribution is 6.35. The SMILES string of the molecule is C[B]C(CCCC)CCCN. The highest BCUT2D eigenvalue weighted by Gasteiger charge is 2.04. The van der Waals surface area contributed by atoms with Crippen LogP contribution in [0.2, 0.25) is 12.6 Å². The molecule has 0 fully saturated rings. The van der Waals surface area contributed by atoms with E-state index in [-0.39, 0.29) is 0 Å². The van der Waals surface area contributed by atoms with E-state index in [1.54, 1.807) is 0 Å². The Morgan fingerprint density at radius 2 is 1.91 bits per heavy atom. The lowest BCUT2D eigenvalue weighted by Gasteiger charge is -2.12. The monoisotopic (exact) mass is 154 g/mol. The van der Waals surface area contributed by atoms with Crippen molar-refractivity contribution < 1.29 is 0 Å². The van der Waals surface area contributed by atoms with Gasteiger partial charge in [-0.15, -0.1) is 0 Å².